The summed E-state index contributed by atoms with van der Waals surface area (Å²) in [5.41, 5.74) is 8.78. The zero-order chi connectivity index (χ0) is 49.5. The first-order chi connectivity index (χ1) is 32.2. The van der Waals surface area contributed by atoms with E-state index in [1.807, 2.05) is 71.3 Å². The van der Waals surface area contributed by atoms with Crippen LogP contribution in [0, 0.1) is 25.7 Å². The van der Waals surface area contributed by atoms with E-state index < -0.39 is 25.0 Å². The summed E-state index contributed by atoms with van der Waals surface area (Å²) in [5.74, 6) is 1.51. The molecule has 0 amide bonds. The second-order valence-electron chi connectivity index (χ2n) is 19.7. The number of quaternary nitrogens is 2. The third-order valence-electron chi connectivity index (χ3n) is 12.5. The molecule has 3 aliphatic heterocycles. The first kappa shape index (κ1) is 33.3. The number of para-hydroxylation sites is 1. The minimum Gasteiger partial charge on any atom is -0.509 e. The molecule has 3 aliphatic rings. The fraction of sp³-hybridized carbons (Fsp3) is 0.250. The molecule has 0 spiro atoms. The normalized spacial score (nSPS) is 20.4. The van der Waals surface area contributed by atoms with E-state index in [0.717, 1.165) is 39.1 Å². The van der Waals surface area contributed by atoms with Gasteiger partial charge in [0.2, 0.25) is 0 Å². The number of ether oxygens (including phenoxy) is 1. The first-order valence-electron chi connectivity index (χ1n) is 24.9. The van der Waals surface area contributed by atoms with Gasteiger partial charge in [0.25, 0.3) is 0 Å². The van der Waals surface area contributed by atoms with Crippen molar-refractivity contribution in [2.24, 2.45) is 0 Å². The second kappa shape index (κ2) is 14.6. The Morgan fingerprint density at radius 3 is 2.06 bits per heavy atom. The van der Waals surface area contributed by atoms with Crippen LogP contribution < -0.4 is 13.7 Å². The van der Waals surface area contributed by atoms with Crippen LogP contribution in [0.2, 0.25) is 0 Å². The summed E-state index contributed by atoms with van der Waals surface area (Å²) in [7, 11) is 0. The average molecular weight is 1000 g/mol. The van der Waals surface area contributed by atoms with Crippen LogP contribution in [-0.2, 0) is 37.3 Å². The van der Waals surface area contributed by atoms with Crippen molar-refractivity contribution in [3.63, 3.8) is 0 Å². The molecule has 11 rings (SSSR count). The van der Waals surface area contributed by atoms with Crippen LogP contribution in [0.4, 0.5) is 22.7 Å². The number of pyridine rings is 1. The Kier molecular flexibility index (Phi) is 7.85. The molecule has 0 radical (unpaired) electrons. The standard InChI is InChI=1S/C56H55N4O.Pt/c1-37-16-14-21-51-53(37)60(44-30-41(55(5,6)7)29-42(31-44)56(8,9)10)35-59(51,36-60)43-19-15-20-45(33-43)61-46-23-25-48-47-24-22-39(38-17-12-11-13-18-38)28-49(47)58(50(48)34-46)52-32-40(26-27-57-52)54(2,3)4;/h11-32,35H,36H2,1-10H3;/q-1;/t59-,60+;/m1./s1/i1D3,11D,12D,13D,17D,18D;. The molecule has 5 heterocycles. The average Bonchev–Trinajstić information content (AvgIpc) is 3.87. The number of benzene rings is 6. The molecule has 1 fully saturated rings. The van der Waals surface area contributed by atoms with Crippen LogP contribution in [0.1, 0.15) is 95.5 Å². The van der Waals surface area contributed by atoms with E-state index in [0.29, 0.717) is 46.1 Å². The molecule has 5 nitrogen and oxygen atoms in total. The van der Waals surface area contributed by atoms with Crippen molar-refractivity contribution in [1.82, 2.24) is 18.5 Å². The molecule has 0 saturated carbocycles. The second-order valence-corrected chi connectivity index (χ2v) is 19.7. The van der Waals surface area contributed by atoms with Crippen molar-refractivity contribution in [1.29, 1.82) is 0 Å². The predicted octanol–water partition coefficient (Wildman–Crippen LogP) is 14.8. The molecule has 0 N–H and O–H groups in total. The number of rotatable bonds is 6. The molecule has 316 valence electrons. The van der Waals surface area contributed by atoms with Gasteiger partial charge in [-0.05, 0) is 74.5 Å². The number of nitrogens with zero attached hydrogens (tertiary/aromatic N) is 4. The van der Waals surface area contributed by atoms with Gasteiger partial charge in [-0.15, -0.1) is 29.7 Å². The van der Waals surface area contributed by atoms with Crippen molar-refractivity contribution in [2.45, 2.75) is 85.4 Å². The fourth-order valence-electron chi connectivity index (χ4n) is 9.08. The topological polar surface area (TPSA) is 27.1 Å². The van der Waals surface area contributed by atoms with E-state index in [1.165, 1.54) is 11.1 Å². The minimum atomic E-state index is -2.35. The van der Waals surface area contributed by atoms with Crippen molar-refractivity contribution in [3.8, 4) is 28.4 Å². The maximum Gasteiger partial charge on any atom is 0.184 e. The summed E-state index contributed by atoms with van der Waals surface area (Å²) in [4.78, 5) is 4.85. The van der Waals surface area contributed by atoms with Crippen LogP contribution in [-0.4, -0.2) is 16.2 Å². The maximum atomic E-state index is 8.75. The van der Waals surface area contributed by atoms with E-state index in [-0.39, 0.29) is 63.9 Å². The van der Waals surface area contributed by atoms with Crippen LogP contribution in [0.15, 0.2) is 133 Å². The van der Waals surface area contributed by atoms with E-state index in [1.54, 1.807) is 18.3 Å². The van der Waals surface area contributed by atoms with Crippen LogP contribution >= 0.6 is 0 Å². The molecule has 2 aromatic heterocycles. The van der Waals surface area contributed by atoms with E-state index >= 15 is 0 Å². The predicted molar refractivity (Wildman–Crippen MR) is 254 cm³/mol. The summed E-state index contributed by atoms with van der Waals surface area (Å²) in [6.45, 7) is 20.1. The summed E-state index contributed by atoms with van der Waals surface area (Å²) < 4.78 is 77.9. The van der Waals surface area contributed by atoms with Gasteiger partial charge in [-0.2, -0.15) is 12.1 Å². The zero-order valence-corrected chi connectivity index (χ0v) is 38.9. The van der Waals surface area contributed by atoms with Gasteiger partial charge in [0.1, 0.15) is 11.5 Å². The monoisotopic (exact) mass is 1000 g/mol. The third-order valence-corrected chi connectivity index (χ3v) is 12.5. The third kappa shape index (κ3) is 6.76. The Morgan fingerprint density at radius 2 is 1.37 bits per heavy atom. The van der Waals surface area contributed by atoms with Gasteiger partial charge in [-0.3, -0.25) is 4.48 Å². The van der Waals surface area contributed by atoms with Gasteiger partial charge in [-0.25, -0.2) is 4.98 Å². The summed E-state index contributed by atoms with van der Waals surface area (Å²) in [6, 6.07) is 37.0. The van der Waals surface area contributed by atoms with Gasteiger partial charge in [0.15, 0.2) is 18.0 Å². The number of aryl methyl sites for hydroxylation is 1. The summed E-state index contributed by atoms with van der Waals surface area (Å²) >= 11 is 0. The van der Waals surface area contributed by atoms with Crippen molar-refractivity contribution >= 4 is 44.6 Å². The molecule has 6 heteroatoms. The Morgan fingerprint density at radius 1 is 0.694 bits per heavy atom. The van der Waals surface area contributed by atoms with Crippen LogP contribution in [0.5, 0.6) is 11.5 Å². The smallest absolute Gasteiger partial charge is 0.184 e. The SMILES string of the molecule is [2H]c1c([2H])c([2H])c(-c2ccc3c4ccc(Oc5[c-]c([N@@+]67[CH-][N@@+](c8cc(C(C)(C)C)cc(C(C)(C)C)c8)(C6)c6c(C([2H])([2H])[2H])cccc67)ccc5)[c-]c4n(-c4cc(C(C)(C)C)ccn4)c3c2)c([2H])c1[2H].[Pt]. The number of hydrogen-bond acceptors (Lipinski definition) is 2. The molecular formula is C56H55N4OPt-. The fourth-order valence-corrected chi connectivity index (χ4v) is 9.08. The van der Waals surface area contributed by atoms with Gasteiger partial charge in [-0.1, -0.05) is 134 Å². The quantitative estimate of drug-likeness (QED) is 0.123. The van der Waals surface area contributed by atoms with E-state index in [9.17, 15) is 0 Å². The minimum absolute atomic E-state index is 0. The molecule has 2 bridgehead atoms. The zero-order valence-electron chi connectivity index (χ0n) is 44.6. The Labute approximate surface area is 393 Å². The number of fused-ring (bicyclic) bond motifs is 3. The Hall–Kier alpha value is -5.32. The van der Waals surface area contributed by atoms with Gasteiger partial charge in [0, 0.05) is 77.8 Å². The summed E-state index contributed by atoms with van der Waals surface area (Å²) in [6.07, 6.45) is 1.78. The van der Waals surface area contributed by atoms with E-state index in [4.69, 9.17) is 20.7 Å². The van der Waals surface area contributed by atoms with Gasteiger partial charge >= 0.3 is 0 Å². The molecule has 1 saturated heterocycles. The van der Waals surface area contributed by atoms with Gasteiger partial charge < -0.3 is 13.8 Å². The van der Waals surface area contributed by atoms with Crippen molar-refractivity contribution in [2.75, 3.05) is 6.67 Å². The molecule has 8 aromatic rings. The first-order valence-corrected chi connectivity index (χ1v) is 20.9. The summed E-state index contributed by atoms with van der Waals surface area (Å²) in [5, 5.41) is 1.72. The van der Waals surface area contributed by atoms with Crippen molar-refractivity contribution in [3.05, 3.63) is 175 Å². The Balaban J connectivity index is 0.00000608. The molecule has 2 atom stereocenters. The maximum absolute atomic E-state index is 8.75. The molecule has 0 aliphatic carbocycles. The van der Waals surface area contributed by atoms with Crippen LogP contribution in [0.25, 0.3) is 38.8 Å². The molecular weight excluding hydrogens is 940 g/mol. The Bertz CT molecular complexity index is 3380. The molecule has 0 unspecified atom stereocenters. The number of aromatic nitrogens is 2. The number of hydrogen-bond donors (Lipinski definition) is 0. The van der Waals surface area contributed by atoms with Gasteiger partial charge in [0.05, 0.1) is 13.5 Å². The van der Waals surface area contributed by atoms with Crippen LogP contribution in [0.3, 0.4) is 0 Å². The van der Waals surface area contributed by atoms with Crippen molar-refractivity contribution < 1.29 is 36.8 Å². The molecule has 6 aromatic carbocycles. The van der Waals surface area contributed by atoms with E-state index in [2.05, 4.69) is 99.3 Å². The molecule has 62 heavy (non-hydrogen) atoms. The largest absolute Gasteiger partial charge is 0.509 e.